The van der Waals surface area contributed by atoms with Gasteiger partial charge in [0.05, 0.1) is 12.2 Å². The van der Waals surface area contributed by atoms with Gasteiger partial charge in [0.25, 0.3) is 0 Å². The zero-order valence-corrected chi connectivity index (χ0v) is 12.4. The van der Waals surface area contributed by atoms with Crippen LogP contribution < -0.4 is 10.2 Å². The lowest BCUT2D eigenvalue weighted by Crippen LogP contribution is -2.46. The summed E-state index contributed by atoms with van der Waals surface area (Å²) in [6.07, 6.45) is 6.22. The Morgan fingerprint density at radius 1 is 1.33 bits per heavy atom. The Balaban J connectivity index is 1.49. The van der Waals surface area contributed by atoms with Crippen molar-refractivity contribution in [1.82, 2.24) is 25.3 Å². The van der Waals surface area contributed by atoms with Gasteiger partial charge in [0.1, 0.15) is 0 Å². The highest BCUT2D eigenvalue weighted by atomic mass is 15.3. The summed E-state index contributed by atoms with van der Waals surface area (Å²) >= 11 is 0. The number of rotatable bonds is 5. The fourth-order valence-corrected chi connectivity index (χ4v) is 2.73. The van der Waals surface area contributed by atoms with Crippen molar-refractivity contribution in [3.05, 3.63) is 36.3 Å². The van der Waals surface area contributed by atoms with Crippen LogP contribution in [0.3, 0.4) is 0 Å². The van der Waals surface area contributed by atoms with Crippen LogP contribution in [-0.2, 0) is 6.54 Å². The van der Waals surface area contributed by atoms with Crippen LogP contribution in [0.1, 0.15) is 18.5 Å². The summed E-state index contributed by atoms with van der Waals surface area (Å²) in [4.78, 5) is 2.32. The maximum Gasteiger partial charge on any atom is 0.151 e. The van der Waals surface area contributed by atoms with Crippen LogP contribution >= 0.6 is 0 Å². The van der Waals surface area contributed by atoms with E-state index >= 15 is 0 Å². The average Bonchev–Trinajstić information content (AvgIpc) is 3.02. The molecule has 3 rings (SSSR count). The highest BCUT2D eigenvalue weighted by molar-refractivity contribution is 5.38. The van der Waals surface area contributed by atoms with E-state index < -0.39 is 0 Å². The third-order valence-electron chi connectivity index (χ3n) is 3.86. The Labute approximate surface area is 125 Å². The summed E-state index contributed by atoms with van der Waals surface area (Å²) in [5, 5.41) is 16.3. The summed E-state index contributed by atoms with van der Waals surface area (Å²) in [5.74, 6) is 0.985. The molecule has 6 nitrogen and oxygen atoms in total. The van der Waals surface area contributed by atoms with Gasteiger partial charge in [-0.2, -0.15) is 10.2 Å². The van der Waals surface area contributed by atoms with E-state index in [-0.39, 0.29) is 0 Å². The van der Waals surface area contributed by atoms with Gasteiger partial charge in [-0.25, -0.2) is 0 Å². The Bertz CT molecular complexity index is 536. The molecule has 112 valence electrons. The smallest absolute Gasteiger partial charge is 0.151 e. The molecule has 0 spiro atoms. The number of aryl methyl sites for hydroxylation is 1. The lowest BCUT2D eigenvalue weighted by atomic mass is 10.1. The fourth-order valence-electron chi connectivity index (χ4n) is 2.73. The van der Waals surface area contributed by atoms with Gasteiger partial charge in [-0.15, -0.1) is 5.10 Å². The van der Waals surface area contributed by atoms with Crippen LogP contribution in [-0.4, -0.2) is 45.7 Å². The van der Waals surface area contributed by atoms with E-state index in [2.05, 4.69) is 31.6 Å². The van der Waals surface area contributed by atoms with E-state index in [9.17, 15) is 0 Å². The van der Waals surface area contributed by atoms with Crippen LogP contribution in [0.2, 0.25) is 0 Å². The summed E-state index contributed by atoms with van der Waals surface area (Å²) in [6.45, 7) is 5.88. The van der Waals surface area contributed by atoms with E-state index in [1.165, 1.54) is 12.8 Å². The fraction of sp³-hybridized carbons (Fsp3) is 0.533. The molecule has 21 heavy (non-hydrogen) atoms. The highest BCUT2D eigenvalue weighted by Crippen LogP contribution is 2.17. The maximum atomic E-state index is 4.29. The number of nitrogens with one attached hydrogen (secondary N) is 1. The molecule has 0 aliphatic carbocycles. The Morgan fingerprint density at radius 2 is 2.29 bits per heavy atom. The van der Waals surface area contributed by atoms with Gasteiger partial charge in [-0.1, -0.05) is 0 Å². The number of piperidine rings is 1. The second-order valence-electron chi connectivity index (χ2n) is 5.54. The molecule has 0 bridgehead atoms. The quantitative estimate of drug-likeness (QED) is 0.896. The predicted octanol–water partition coefficient (Wildman–Crippen LogP) is 1.24. The lowest BCUT2D eigenvalue weighted by molar-refractivity contribution is 0.406. The first-order valence-corrected chi connectivity index (χ1v) is 7.57. The number of hydrogen-bond donors (Lipinski definition) is 1. The molecule has 1 atom stereocenters. The molecular weight excluding hydrogens is 264 g/mol. The molecule has 6 heteroatoms. The van der Waals surface area contributed by atoms with Crippen molar-refractivity contribution in [3.8, 4) is 0 Å². The summed E-state index contributed by atoms with van der Waals surface area (Å²) in [6, 6.07) is 6.56. The SMILES string of the molecule is Cc1ccc(N2CCCC(NCCn3cccn3)C2)nn1. The Morgan fingerprint density at radius 3 is 3.05 bits per heavy atom. The number of aromatic nitrogens is 4. The number of hydrogen-bond acceptors (Lipinski definition) is 5. The van der Waals surface area contributed by atoms with Gasteiger partial charge in [-0.3, -0.25) is 4.68 Å². The van der Waals surface area contributed by atoms with Crippen molar-refractivity contribution in [2.24, 2.45) is 0 Å². The standard InChI is InChI=1S/C15H22N6/c1-13-5-6-15(19-18-13)20-9-2-4-14(12-20)16-8-11-21-10-3-7-17-21/h3,5-7,10,14,16H,2,4,8-9,11-12H2,1H3. The van der Waals surface area contributed by atoms with Gasteiger partial charge in [-0.05, 0) is 38.0 Å². The van der Waals surface area contributed by atoms with Crippen LogP contribution in [0.4, 0.5) is 5.82 Å². The zero-order valence-electron chi connectivity index (χ0n) is 12.4. The molecule has 1 aliphatic rings. The van der Waals surface area contributed by atoms with E-state index in [4.69, 9.17) is 0 Å². The van der Waals surface area contributed by atoms with Gasteiger partial charge in [0, 0.05) is 38.1 Å². The van der Waals surface area contributed by atoms with Crippen molar-refractivity contribution in [1.29, 1.82) is 0 Å². The average molecular weight is 286 g/mol. The molecule has 0 amide bonds. The number of anilines is 1. The largest absolute Gasteiger partial charge is 0.354 e. The van der Waals surface area contributed by atoms with Gasteiger partial charge >= 0.3 is 0 Å². The molecule has 1 aliphatic heterocycles. The van der Waals surface area contributed by atoms with Crippen molar-refractivity contribution in [2.45, 2.75) is 32.4 Å². The second kappa shape index (κ2) is 6.67. The molecule has 1 unspecified atom stereocenters. The first-order chi connectivity index (χ1) is 10.3. The molecule has 3 heterocycles. The third-order valence-corrected chi connectivity index (χ3v) is 3.86. The van der Waals surface area contributed by atoms with E-state index in [1.54, 1.807) is 0 Å². The summed E-state index contributed by atoms with van der Waals surface area (Å²) < 4.78 is 1.96. The molecule has 2 aromatic rings. The number of nitrogens with zero attached hydrogens (tertiary/aromatic N) is 5. The van der Waals surface area contributed by atoms with Crippen molar-refractivity contribution >= 4 is 5.82 Å². The minimum atomic E-state index is 0.511. The molecule has 2 aromatic heterocycles. The predicted molar refractivity (Wildman–Crippen MR) is 82.2 cm³/mol. The summed E-state index contributed by atoms with van der Waals surface area (Å²) in [7, 11) is 0. The Kier molecular flexibility index (Phi) is 4.45. The van der Waals surface area contributed by atoms with Crippen LogP contribution in [0.15, 0.2) is 30.6 Å². The minimum Gasteiger partial charge on any atom is -0.354 e. The maximum absolute atomic E-state index is 4.29. The zero-order chi connectivity index (χ0) is 14.5. The Hall–Kier alpha value is -1.95. The molecule has 1 fully saturated rings. The topological polar surface area (TPSA) is 58.9 Å². The van der Waals surface area contributed by atoms with Crippen LogP contribution in [0.25, 0.3) is 0 Å². The van der Waals surface area contributed by atoms with E-state index in [1.807, 2.05) is 36.1 Å². The van der Waals surface area contributed by atoms with Crippen molar-refractivity contribution in [3.63, 3.8) is 0 Å². The molecule has 1 N–H and O–H groups in total. The first kappa shape index (κ1) is 14.0. The normalized spacial score (nSPS) is 18.9. The monoisotopic (exact) mass is 286 g/mol. The molecular formula is C15H22N6. The van der Waals surface area contributed by atoms with Gasteiger partial charge in [0.2, 0.25) is 0 Å². The van der Waals surface area contributed by atoms with Crippen molar-refractivity contribution < 1.29 is 0 Å². The molecule has 0 radical (unpaired) electrons. The highest BCUT2D eigenvalue weighted by Gasteiger charge is 2.20. The minimum absolute atomic E-state index is 0.511. The summed E-state index contributed by atoms with van der Waals surface area (Å²) in [5.41, 5.74) is 0.963. The van der Waals surface area contributed by atoms with Crippen LogP contribution in [0.5, 0.6) is 0 Å². The van der Waals surface area contributed by atoms with E-state index in [0.29, 0.717) is 6.04 Å². The van der Waals surface area contributed by atoms with Gasteiger partial charge in [0.15, 0.2) is 5.82 Å². The molecule has 0 aromatic carbocycles. The lowest BCUT2D eigenvalue weighted by Gasteiger charge is -2.33. The van der Waals surface area contributed by atoms with Crippen molar-refractivity contribution in [2.75, 3.05) is 24.5 Å². The molecule has 0 saturated carbocycles. The molecule has 1 saturated heterocycles. The third kappa shape index (κ3) is 3.78. The van der Waals surface area contributed by atoms with Crippen LogP contribution in [0, 0.1) is 6.92 Å². The van der Waals surface area contributed by atoms with E-state index in [0.717, 1.165) is 37.7 Å². The second-order valence-corrected chi connectivity index (χ2v) is 5.54. The first-order valence-electron chi connectivity index (χ1n) is 7.57. The van der Waals surface area contributed by atoms with Gasteiger partial charge < -0.3 is 10.2 Å².